The van der Waals surface area contributed by atoms with E-state index >= 15 is 0 Å². The predicted octanol–water partition coefficient (Wildman–Crippen LogP) is 4.22. The number of benzene rings is 2. The molecule has 0 bridgehead atoms. The first-order valence-corrected chi connectivity index (χ1v) is 11.5. The Kier molecular flexibility index (Phi) is 5.11. The smallest absolute Gasteiger partial charge is 0.188 e. The van der Waals surface area contributed by atoms with E-state index in [9.17, 15) is 0 Å². The van der Waals surface area contributed by atoms with Crippen LogP contribution in [0.4, 0.5) is 0 Å². The van der Waals surface area contributed by atoms with Gasteiger partial charge in [-0.25, -0.2) is 29.1 Å². The van der Waals surface area contributed by atoms with Crippen LogP contribution in [0.1, 0.15) is 5.82 Å². The van der Waals surface area contributed by atoms with Gasteiger partial charge in [0.15, 0.2) is 22.3 Å². The normalized spacial score (nSPS) is 11.3. The molecule has 0 N–H and O–H groups in total. The molecular formula is C24H18N8OS. The number of fused-ring (bicyclic) bond motifs is 3. The van der Waals surface area contributed by atoms with E-state index in [1.165, 1.54) is 11.8 Å². The van der Waals surface area contributed by atoms with Gasteiger partial charge in [-0.1, -0.05) is 30.0 Å². The van der Waals surface area contributed by atoms with Crippen LogP contribution >= 0.6 is 11.8 Å². The van der Waals surface area contributed by atoms with Crippen molar-refractivity contribution >= 4 is 28.4 Å². The molecular weight excluding hydrogens is 448 g/mol. The maximum atomic E-state index is 5.23. The highest BCUT2D eigenvalue weighted by Crippen LogP contribution is 2.25. The lowest BCUT2D eigenvalue weighted by Crippen LogP contribution is -1.98. The second-order valence-electron chi connectivity index (χ2n) is 7.41. The third-order valence-electron chi connectivity index (χ3n) is 5.30. The van der Waals surface area contributed by atoms with Gasteiger partial charge >= 0.3 is 0 Å². The van der Waals surface area contributed by atoms with Gasteiger partial charge in [0.2, 0.25) is 0 Å². The molecule has 4 aromatic heterocycles. The van der Waals surface area contributed by atoms with Gasteiger partial charge in [0.1, 0.15) is 12.1 Å². The van der Waals surface area contributed by atoms with Crippen molar-refractivity contribution in [2.75, 3.05) is 7.11 Å². The fraction of sp³-hybridized carbons (Fsp3) is 0.0833. The maximum Gasteiger partial charge on any atom is 0.188 e. The SMILES string of the molecule is COc1ccc(-c2ccnc(SCc3nc4c5cnn(-c6ccccc6)c5ncn4n3)n2)cc1. The van der Waals surface area contributed by atoms with Crippen LogP contribution in [0.3, 0.4) is 0 Å². The van der Waals surface area contributed by atoms with Crippen LogP contribution in [0.15, 0.2) is 84.5 Å². The lowest BCUT2D eigenvalue weighted by atomic mass is 10.1. The number of rotatable bonds is 6. The van der Waals surface area contributed by atoms with E-state index in [2.05, 4.69) is 25.1 Å². The van der Waals surface area contributed by atoms with Gasteiger partial charge in [0, 0.05) is 11.8 Å². The van der Waals surface area contributed by atoms with Gasteiger partial charge in [0.05, 0.1) is 35.8 Å². The molecule has 0 amide bonds. The van der Waals surface area contributed by atoms with Gasteiger partial charge in [-0.3, -0.25) is 0 Å². The molecule has 9 nitrogen and oxygen atoms in total. The van der Waals surface area contributed by atoms with Gasteiger partial charge < -0.3 is 4.74 Å². The second-order valence-corrected chi connectivity index (χ2v) is 8.35. The molecule has 0 atom stereocenters. The number of thioether (sulfide) groups is 1. The first-order chi connectivity index (χ1) is 16.8. The number of ether oxygens (including phenoxy) is 1. The molecule has 6 rings (SSSR count). The van der Waals surface area contributed by atoms with Crippen molar-refractivity contribution in [3.8, 4) is 22.7 Å². The Labute approximate surface area is 198 Å². The van der Waals surface area contributed by atoms with Crippen molar-refractivity contribution in [2.24, 2.45) is 0 Å². The van der Waals surface area contributed by atoms with Gasteiger partial charge in [-0.2, -0.15) is 5.10 Å². The number of nitrogens with zero attached hydrogens (tertiary/aromatic N) is 8. The Morgan fingerprint density at radius 3 is 2.59 bits per heavy atom. The predicted molar refractivity (Wildman–Crippen MR) is 129 cm³/mol. The van der Waals surface area contributed by atoms with Gasteiger partial charge in [-0.05, 0) is 42.5 Å². The second kappa shape index (κ2) is 8.56. The summed E-state index contributed by atoms with van der Waals surface area (Å²) in [5.74, 6) is 2.01. The van der Waals surface area contributed by atoms with Gasteiger partial charge in [-0.15, -0.1) is 5.10 Å². The minimum Gasteiger partial charge on any atom is -0.497 e. The molecule has 0 fully saturated rings. The van der Waals surface area contributed by atoms with E-state index < -0.39 is 0 Å². The lowest BCUT2D eigenvalue weighted by molar-refractivity contribution is 0.415. The maximum absolute atomic E-state index is 5.23. The number of hydrogen-bond donors (Lipinski definition) is 0. The number of para-hydroxylation sites is 1. The summed E-state index contributed by atoms with van der Waals surface area (Å²) in [7, 11) is 1.65. The average Bonchev–Trinajstić information content (AvgIpc) is 3.52. The van der Waals surface area contributed by atoms with Crippen LogP contribution in [0.5, 0.6) is 5.75 Å². The number of methoxy groups -OCH3 is 1. The zero-order valence-electron chi connectivity index (χ0n) is 18.1. The lowest BCUT2D eigenvalue weighted by Gasteiger charge is -2.04. The quantitative estimate of drug-likeness (QED) is 0.266. The van der Waals surface area contributed by atoms with Crippen molar-refractivity contribution in [1.29, 1.82) is 0 Å². The third kappa shape index (κ3) is 3.73. The minimum absolute atomic E-state index is 0.530. The molecule has 0 unspecified atom stereocenters. The molecule has 166 valence electrons. The van der Waals surface area contributed by atoms with Crippen LogP contribution in [0.25, 0.3) is 33.6 Å². The van der Waals surface area contributed by atoms with E-state index in [-0.39, 0.29) is 0 Å². The summed E-state index contributed by atoms with van der Waals surface area (Å²) in [5.41, 5.74) is 4.25. The molecule has 0 saturated carbocycles. The molecule has 6 aromatic rings. The Hall–Kier alpha value is -4.31. The first-order valence-electron chi connectivity index (χ1n) is 10.5. The highest BCUT2D eigenvalue weighted by molar-refractivity contribution is 7.98. The standard InChI is InChI=1S/C24H18N8OS/c1-33-18-9-7-16(8-10-18)20-11-12-25-24(28-20)34-14-21-29-23-19-13-27-32(17-5-3-2-4-6-17)22(19)26-15-31(23)30-21/h2-13,15H,14H2,1H3. The Bertz CT molecular complexity index is 1590. The van der Waals surface area contributed by atoms with Crippen LogP contribution in [0.2, 0.25) is 0 Å². The molecule has 0 radical (unpaired) electrons. The van der Waals surface area contributed by atoms with Crippen molar-refractivity contribution in [3.63, 3.8) is 0 Å². The van der Waals surface area contributed by atoms with Crippen molar-refractivity contribution in [3.05, 3.63) is 85.2 Å². The Morgan fingerprint density at radius 1 is 0.912 bits per heavy atom. The number of aromatic nitrogens is 8. The summed E-state index contributed by atoms with van der Waals surface area (Å²) >= 11 is 1.49. The van der Waals surface area contributed by atoms with Crippen LogP contribution in [0, 0.1) is 0 Å². The summed E-state index contributed by atoms with van der Waals surface area (Å²) in [5, 5.41) is 10.6. The van der Waals surface area contributed by atoms with E-state index in [1.54, 1.807) is 35.0 Å². The van der Waals surface area contributed by atoms with Gasteiger partial charge in [0.25, 0.3) is 0 Å². The van der Waals surface area contributed by atoms with Crippen LogP contribution < -0.4 is 4.74 Å². The summed E-state index contributed by atoms with van der Waals surface area (Å²) < 4.78 is 8.72. The highest BCUT2D eigenvalue weighted by atomic mass is 32.2. The summed E-state index contributed by atoms with van der Waals surface area (Å²) in [6.45, 7) is 0. The largest absolute Gasteiger partial charge is 0.497 e. The van der Waals surface area contributed by atoms with E-state index in [0.717, 1.165) is 39.4 Å². The molecule has 34 heavy (non-hydrogen) atoms. The number of hydrogen-bond acceptors (Lipinski definition) is 8. The third-order valence-corrected chi connectivity index (χ3v) is 6.16. The molecule has 0 aliphatic rings. The fourth-order valence-corrected chi connectivity index (χ4v) is 4.33. The minimum atomic E-state index is 0.530. The monoisotopic (exact) mass is 466 g/mol. The van der Waals surface area contributed by atoms with E-state index in [4.69, 9.17) is 9.72 Å². The topological polar surface area (TPSA) is 95.9 Å². The molecule has 10 heteroatoms. The molecule has 0 aliphatic heterocycles. The zero-order chi connectivity index (χ0) is 22.9. The van der Waals surface area contributed by atoms with Crippen molar-refractivity contribution in [1.82, 2.24) is 39.3 Å². The summed E-state index contributed by atoms with van der Waals surface area (Å²) in [6.07, 6.45) is 5.20. The van der Waals surface area contributed by atoms with E-state index in [1.807, 2.05) is 60.7 Å². The molecule has 0 saturated heterocycles. The molecule has 2 aromatic carbocycles. The highest BCUT2D eigenvalue weighted by Gasteiger charge is 2.14. The molecule has 4 heterocycles. The zero-order valence-corrected chi connectivity index (χ0v) is 18.9. The average molecular weight is 467 g/mol. The molecule has 0 spiro atoms. The summed E-state index contributed by atoms with van der Waals surface area (Å²) in [6, 6.07) is 19.6. The van der Waals surface area contributed by atoms with Crippen molar-refractivity contribution < 1.29 is 4.74 Å². The fourth-order valence-electron chi connectivity index (χ4n) is 3.65. The van der Waals surface area contributed by atoms with E-state index in [0.29, 0.717) is 16.7 Å². The first kappa shape index (κ1) is 20.3. The van der Waals surface area contributed by atoms with Crippen LogP contribution in [-0.4, -0.2) is 46.4 Å². The Morgan fingerprint density at radius 2 is 1.76 bits per heavy atom. The van der Waals surface area contributed by atoms with Crippen molar-refractivity contribution in [2.45, 2.75) is 10.9 Å². The molecule has 0 aliphatic carbocycles. The Balaban J connectivity index is 1.25. The summed E-state index contributed by atoms with van der Waals surface area (Å²) in [4.78, 5) is 18.4. The van der Waals surface area contributed by atoms with Crippen LogP contribution in [-0.2, 0) is 5.75 Å².